The van der Waals surface area contributed by atoms with Gasteiger partial charge in [-0.15, -0.1) is 0 Å². The van der Waals surface area contributed by atoms with E-state index >= 15 is 0 Å². The Hall–Kier alpha value is -1.46. The summed E-state index contributed by atoms with van der Waals surface area (Å²) >= 11 is 6.21. The maximum atomic E-state index is 13.8. The van der Waals surface area contributed by atoms with Gasteiger partial charge >= 0.3 is 0 Å². The highest BCUT2D eigenvalue weighted by Gasteiger charge is 2.19. The molecule has 2 heterocycles. The van der Waals surface area contributed by atoms with E-state index in [1.54, 1.807) is 31.0 Å². The van der Waals surface area contributed by atoms with E-state index in [0.29, 0.717) is 17.1 Å². The summed E-state index contributed by atoms with van der Waals surface area (Å²) in [5.41, 5.74) is 2.37. The Morgan fingerprint density at radius 2 is 2.26 bits per heavy atom. The van der Waals surface area contributed by atoms with Crippen molar-refractivity contribution < 1.29 is 4.39 Å². The van der Waals surface area contributed by atoms with Gasteiger partial charge in [0.1, 0.15) is 11.0 Å². The second kappa shape index (κ2) is 5.67. The Kier molecular flexibility index (Phi) is 4.17. The Morgan fingerprint density at radius 1 is 1.53 bits per heavy atom. The molecule has 0 saturated heterocycles. The Morgan fingerprint density at radius 3 is 2.79 bits per heavy atom. The molecule has 0 aliphatic carbocycles. The quantitative estimate of drug-likeness (QED) is 0.936. The van der Waals surface area contributed by atoms with Crippen LogP contribution in [0.2, 0.25) is 5.15 Å². The van der Waals surface area contributed by atoms with Crippen LogP contribution >= 0.6 is 11.6 Å². The number of hydrogen-bond acceptors (Lipinski definition) is 3. The maximum absolute atomic E-state index is 13.8. The molecule has 6 heteroatoms. The average molecular weight is 283 g/mol. The lowest BCUT2D eigenvalue weighted by molar-refractivity contribution is 0.529. The molecule has 4 nitrogen and oxygen atoms in total. The summed E-state index contributed by atoms with van der Waals surface area (Å²) in [6.07, 6.45) is 3.38. The molecule has 102 valence electrons. The molecule has 0 saturated carbocycles. The summed E-state index contributed by atoms with van der Waals surface area (Å²) < 4.78 is 15.4. The minimum atomic E-state index is -0.320. The minimum absolute atomic E-state index is 0.164. The lowest BCUT2D eigenvalue weighted by Gasteiger charge is -2.17. The van der Waals surface area contributed by atoms with Crippen LogP contribution in [0.3, 0.4) is 0 Å². The van der Waals surface area contributed by atoms with Gasteiger partial charge in [-0.2, -0.15) is 5.10 Å². The first-order valence-electron chi connectivity index (χ1n) is 5.99. The van der Waals surface area contributed by atoms with E-state index < -0.39 is 0 Å². The Bertz CT molecular complexity index is 582. The number of hydrogen-bond donors (Lipinski definition) is 1. The van der Waals surface area contributed by atoms with Crippen LogP contribution in [0.4, 0.5) is 4.39 Å². The largest absolute Gasteiger partial charge is 0.313 e. The molecule has 0 amide bonds. The first-order valence-corrected chi connectivity index (χ1v) is 6.37. The summed E-state index contributed by atoms with van der Waals surface area (Å²) in [5, 5.41) is 7.96. The van der Waals surface area contributed by atoms with Crippen molar-refractivity contribution in [2.45, 2.75) is 19.4 Å². The van der Waals surface area contributed by atoms with Gasteiger partial charge in [0.2, 0.25) is 0 Å². The molecule has 2 aromatic heterocycles. The SMILES string of the molecule is CNC(Cc1c(C)nn(C)c1Cl)c1ccncc1F. The fourth-order valence-electron chi connectivity index (χ4n) is 2.15. The predicted molar refractivity (Wildman–Crippen MR) is 72.7 cm³/mol. The zero-order chi connectivity index (χ0) is 14.0. The first-order chi connectivity index (χ1) is 9.04. The smallest absolute Gasteiger partial charge is 0.146 e. The fourth-order valence-corrected chi connectivity index (χ4v) is 2.40. The molecular formula is C13H16ClFN4. The van der Waals surface area contributed by atoms with Crippen LogP contribution < -0.4 is 5.32 Å². The van der Waals surface area contributed by atoms with Crippen molar-refractivity contribution in [1.29, 1.82) is 0 Å². The second-order valence-electron chi connectivity index (χ2n) is 4.42. The van der Waals surface area contributed by atoms with Gasteiger partial charge in [0.25, 0.3) is 0 Å². The third-order valence-corrected chi connectivity index (χ3v) is 3.68. The van der Waals surface area contributed by atoms with Gasteiger partial charge < -0.3 is 5.32 Å². The number of pyridine rings is 1. The van der Waals surface area contributed by atoms with Crippen molar-refractivity contribution in [3.05, 3.63) is 46.3 Å². The van der Waals surface area contributed by atoms with E-state index in [-0.39, 0.29) is 11.9 Å². The minimum Gasteiger partial charge on any atom is -0.313 e. The summed E-state index contributed by atoms with van der Waals surface area (Å²) in [6, 6.07) is 1.51. The van der Waals surface area contributed by atoms with Gasteiger partial charge in [0.05, 0.1) is 11.9 Å². The van der Waals surface area contributed by atoms with Crippen LogP contribution in [-0.4, -0.2) is 21.8 Å². The Labute approximate surface area is 116 Å². The number of rotatable bonds is 4. The van der Waals surface area contributed by atoms with Crippen LogP contribution in [-0.2, 0) is 13.5 Å². The molecule has 0 radical (unpaired) electrons. The van der Waals surface area contributed by atoms with E-state index in [9.17, 15) is 4.39 Å². The molecule has 1 atom stereocenters. The summed E-state index contributed by atoms with van der Waals surface area (Å²) in [7, 11) is 3.59. The van der Waals surface area contributed by atoms with Gasteiger partial charge in [0.15, 0.2) is 0 Å². The molecule has 0 bridgehead atoms. The van der Waals surface area contributed by atoms with E-state index in [1.165, 1.54) is 6.20 Å². The van der Waals surface area contributed by atoms with Crippen molar-refractivity contribution in [2.75, 3.05) is 7.05 Å². The zero-order valence-corrected chi connectivity index (χ0v) is 11.9. The van der Waals surface area contributed by atoms with E-state index in [4.69, 9.17) is 11.6 Å². The number of likely N-dealkylation sites (N-methyl/N-ethyl adjacent to an activating group) is 1. The molecule has 0 fully saturated rings. The van der Waals surface area contributed by atoms with Crippen LogP contribution in [0, 0.1) is 12.7 Å². The first kappa shape index (κ1) is 14.0. The van der Waals surface area contributed by atoms with Crippen LogP contribution in [0.25, 0.3) is 0 Å². The van der Waals surface area contributed by atoms with Gasteiger partial charge in [0, 0.05) is 30.4 Å². The lowest BCUT2D eigenvalue weighted by atomic mass is 10.00. The monoisotopic (exact) mass is 282 g/mol. The predicted octanol–water partition coefficient (Wildman–Crippen LogP) is 2.42. The highest BCUT2D eigenvalue weighted by atomic mass is 35.5. The third-order valence-electron chi connectivity index (χ3n) is 3.21. The van der Waals surface area contributed by atoms with Crippen LogP contribution in [0.1, 0.15) is 22.9 Å². The normalized spacial score (nSPS) is 12.7. The van der Waals surface area contributed by atoms with Gasteiger partial charge in [-0.05, 0) is 26.5 Å². The summed E-state index contributed by atoms with van der Waals surface area (Å²) in [6.45, 7) is 1.90. The molecule has 1 N–H and O–H groups in total. The standard InChI is InChI=1S/C13H16ClFN4/c1-8-10(13(14)19(3)18-8)6-12(16-2)9-4-5-17-7-11(9)15/h4-5,7,12,16H,6H2,1-3H3. The zero-order valence-electron chi connectivity index (χ0n) is 11.1. The van der Waals surface area contributed by atoms with E-state index in [1.807, 2.05) is 6.92 Å². The molecule has 0 aliphatic heterocycles. The van der Waals surface area contributed by atoms with Crippen molar-refractivity contribution in [2.24, 2.45) is 7.05 Å². The third kappa shape index (κ3) is 2.77. The molecule has 1 unspecified atom stereocenters. The molecule has 0 aromatic carbocycles. The highest BCUT2D eigenvalue weighted by molar-refractivity contribution is 6.30. The number of aryl methyl sites for hydroxylation is 2. The number of halogens is 2. The molecule has 19 heavy (non-hydrogen) atoms. The molecule has 2 aromatic rings. The second-order valence-corrected chi connectivity index (χ2v) is 4.78. The highest BCUT2D eigenvalue weighted by Crippen LogP contribution is 2.26. The average Bonchev–Trinajstić information content (AvgIpc) is 2.63. The summed E-state index contributed by atoms with van der Waals surface area (Å²) in [5.74, 6) is -0.320. The Balaban J connectivity index is 2.32. The molecular weight excluding hydrogens is 267 g/mol. The van der Waals surface area contributed by atoms with Crippen LogP contribution in [0.5, 0.6) is 0 Å². The van der Waals surface area contributed by atoms with Gasteiger partial charge in [-0.25, -0.2) is 4.39 Å². The molecule has 0 spiro atoms. The van der Waals surface area contributed by atoms with Crippen molar-refractivity contribution in [1.82, 2.24) is 20.1 Å². The molecule has 0 aliphatic rings. The number of aromatic nitrogens is 3. The van der Waals surface area contributed by atoms with Crippen LogP contribution in [0.15, 0.2) is 18.5 Å². The topological polar surface area (TPSA) is 42.7 Å². The van der Waals surface area contributed by atoms with Crippen molar-refractivity contribution >= 4 is 11.6 Å². The van der Waals surface area contributed by atoms with Gasteiger partial charge in [-0.1, -0.05) is 11.6 Å². The van der Waals surface area contributed by atoms with Crippen molar-refractivity contribution in [3.8, 4) is 0 Å². The van der Waals surface area contributed by atoms with Gasteiger partial charge in [-0.3, -0.25) is 9.67 Å². The van der Waals surface area contributed by atoms with Crippen molar-refractivity contribution in [3.63, 3.8) is 0 Å². The number of nitrogens with zero attached hydrogens (tertiary/aromatic N) is 3. The van der Waals surface area contributed by atoms with E-state index in [0.717, 1.165) is 11.3 Å². The number of nitrogens with one attached hydrogen (secondary N) is 1. The lowest BCUT2D eigenvalue weighted by Crippen LogP contribution is -2.20. The van der Waals surface area contributed by atoms with E-state index in [2.05, 4.69) is 15.4 Å². The fraction of sp³-hybridized carbons (Fsp3) is 0.385. The maximum Gasteiger partial charge on any atom is 0.146 e. The molecule has 2 rings (SSSR count). The summed E-state index contributed by atoms with van der Waals surface area (Å²) in [4.78, 5) is 3.76.